The molecule has 0 aromatic heterocycles. The van der Waals surface area contributed by atoms with Crippen molar-refractivity contribution < 1.29 is 9.59 Å². The van der Waals surface area contributed by atoms with Crippen molar-refractivity contribution in [2.45, 2.75) is 13.3 Å². The quantitative estimate of drug-likeness (QED) is 0.791. The van der Waals surface area contributed by atoms with E-state index in [0.29, 0.717) is 34.3 Å². The maximum absolute atomic E-state index is 12.1. The summed E-state index contributed by atoms with van der Waals surface area (Å²) in [6.07, 6.45) is 0.603. The Morgan fingerprint density at radius 1 is 1.04 bits per heavy atom. The summed E-state index contributed by atoms with van der Waals surface area (Å²) in [5.41, 5.74) is 2.93. The van der Waals surface area contributed by atoms with Crippen LogP contribution >= 0.6 is 23.2 Å². The molecule has 26 heavy (non-hydrogen) atoms. The molecule has 0 bridgehead atoms. The molecule has 2 aromatic carbocycles. The van der Waals surface area contributed by atoms with Gasteiger partial charge in [0.15, 0.2) is 0 Å². The van der Waals surface area contributed by atoms with Gasteiger partial charge < -0.3 is 15.5 Å². The molecular weight excluding hydrogens is 373 g/mol. The van der Waals surface area contributed by atoms with Gasteiger partial charge in [0.1, 0.15) is 0 Å². The van der Waals surface area contributed by atoms with Crippen molar-refractivity contribution in [3.63, 3.8) is 0 Å². The van der Waals surface area contributed by atoms with E-state index >= 15 is 0 Å². The first-order valence-corrected chi connectivity index (χ1v) is 8.84. The van der Waals surface area contributed by atoms with Gasteiger partial charge in [-0.05, 0) is 54.8 Å². The lowest BCUT2D eigenvalue weighted by molar-refractivity contribution is 0.0827. The monoisotopic (exact) mass is 393 g/mol. The van der Waals surface area contributed by atoms with Crippen LogP contribution in [0.4, 0.5) is 10.5 Å². The highest BCUT2D eigenvalue weighted by atomic mass is 35.5. The van der Waals surface area contributed by atoms with Crippen LogP contribution in [-0.4, -0.2) is 37.5 Å². The number of carbonyl (C=O) groups is 2. The Labute approximate surface area is 163 Å². The average Bonchev–Trinajstić information content (AvgIpc) is 2.55. The van der Waals surface area contributed by atoms with Crippen molar-refractivity contribution >= 4 is 40.8 Å². The first-order valence-electron chi connectivity index (χ1n) is 8.08. The Bertz CT molecular complexity index is 802. The minimum absolute atomic E-state index is 0.119. The maximum atomic E-state index is 12.1. The number of benzene rings is 2. The van der Waals surface area contributed by atoms with E-state index in [4.69, 9.17) is 23.2 Å². The number of halogens is 2. The zero-order chi connectivity index (χ0) is 19.3. The Kier molecular flexibility index (Phi) is 6.89. The molecule has 0 heterocycles. The lowest BCUT2D eigenvalue weighted by Crippen LogP contribution is -2.31. The highest BCUT2D eigenvalue weighted by Gasteiger charge is 2.11. The zero-order valence-electron chi connectivity index (χ0n) is 14.9. The molecule has 0 atom stereocenters. The molecule has 2 N–H and O–H groups in total. The van der Waals surface area contributed by atoms with Crippen molar-refractivity contribution in [3.05, 3.63) is 63.1 Å². The molecule has 5 nitrogen and oxygen atoms in total. The summed E-state index contributed by atoms with van der Waals surface area (Å²) in [5.74, 6) is -0.119. The molecule has 138 valence electrons. The van der Waals surface area contributed by atoms with E-state index in [1.807, 2.05) is 19.1 Å². The summed E-state index contributed by atoms with van der Waals surface area (Å²) < 4.78 is 0. The topological polar surface area (TPSA) is 61.4 Å². The number of urea groups is 1. The van der Waals surface area contributed by atoms with E-state index in [1.165, 1.54) is 4.90 Å². The van der Waals surface area contributed by atoms with E-state index in [-0.39, 0.29) is 11.9 Å². The second kappa shape index (κ2) is 8.92. The van der Waals surface area contributed by atoms with Crippen molar-refractivity contribution in [2.75, 3.05) is 26.0 Å². The molecule has 0 aliphatic rings. The highest BCUT2D eigenvalue weighted by molar-refractivity contribution is 6.34. The highest BCUT2D eigenvalue weighted by Crippen LogP contribution is 2.19. The zero-order valence-corrected chi connectivity index (χ0v) is 16.4. The lowest BCUT2D eigenvalue weighted by Gasteiger charge is -2.14. The van der Waals surface area contributed by atoms with Gasteiger partial charge in [-0.1, -0.05) is 29.3 Å². The molecule has 7 heteroatoms. The number of hydrogen-bond acceptors (Lipinski definition) is 2. The number of aryl methyl sites for hydroxylation is 1. The molecule has 0 aliphatic carbocycles. The Hall–Kier alpha value is -2.24. The molecule has 0 fully saturated rings. The normalized spacial score (nSPS) is 10.3. The molecule has 0 saturated heterocycles. The third-order valence-corrected chi connectivity index (χ3v) is 4.20. The largest absolute Gasteiger partial charge is 0.345 e. The van der Waals surface area contributed by atoms with Gasteiger partial charge in [0, 0.05) is 41.9 Å². The summed E-state index contributed by atoms with van der Waals surface area (Å²) in [7, 11) is 3.37. The van der Waals surface area contributed by atoms with Crippen LogP contribution < -0.4 is 10.6 Å². The van der Waals surface area contributed by atoms with Crippen LogP contribution in [0.2, 0.25) is 10.0 Å². The molecule has 0 aliphatic heterocycles. The van der Waals surface area contributed by atoms with Crippen LogP contribution in [0.15, 0.2) is 36.4 Å². The van der Waals surface area contributed by atoms with E-state index in [0.717, 1.165) is 11.1 Å². The fraction of sp³-hybridized carbons (Fsp3) is 0.263. The maximum Gasteiger partial charge on any atom is 0.319 e. The number of nitrogens with one attached hydrogen (secondary N) is 2. The van der Waals surface area contributed by atoms with E-state index < -0.39 is 0 Å². The van der Waals surface area contributed by atoms with Gasteiger partial charge in [0.05, 0.1) is 0 Å². The third kappa shape index (κ3) is 5.64. The van der Waals surface area contributed by atoms with Crippen molar-refractivity contribution in [2.24, 2.45) is 0 Å². The second-order valence-electron chi connectivity index (χ2n) is 6.14. The molecule has 3 amide bonds. The molecule has 2 aromatic rings. The average molecular weight is 394 g/mol. The smallest absolute Gasteiger partial charge is 0.319 e. The Morgan fingerprint density at radius 3 is 2.31 bits per heavy atom. The number of amides is 3. The second-order valence-corrected chi connectivity index (χ2v) is 7.01. The van der Waals surface area contributed by atoms with Crippen molar-refractivity contribution in [3.8, 4) is 0 Å². The van der Waals surface area contributed by atoms with Crippen LogP contribution in [0.5, 0.6) is 0 Å². The predicted molar refractivity (Wildman–Crippen MR) is 106 cm³/mol. The molecular formula is C19H21Cl2N3O2. The number of anilines is 1. The summed E-state index contributed by atoms with van der Waals surface area (Å²) >= 11 is 11.9. The van der Waals surface area contributed by atoms with Gasteiger partial charge in [0.2, 0.25) is 0 Å². The summed E-state index contributed by atoms with van der Waals surface area (Å²) in [4.78, 5) is 25.7. The Morgan fingerprint density at radius 2 is 1.69 bits per heavy atom. The first kappa shape index (κ1) is 20.1. The number of hydrogen-bond donors (Lipinski definition) is 2. The molecule has 0 radical (unpaired) electrons. The predicted octanol–water partition coefficient (Wildman–Crippen LogP) is 4.37. The third-order valence-electron chi connectivity index (χ3n) is 3.76. The van der Waals surface area contributed by atoms with E-state index in [9.17, 15) is 9.59 Å². The fourth-order valence-corrected chi connectivity index (χ4v) is 2.96. The van der Waals surface area contributed by atoms with Gasteiger partial charge in [-0.2, -0.15) is 0 Å². The summed E-state index contributed by atoms with van der Waals surface area (Å²) in [5, 5.41) is 6.70. The van der Waals surface area contributed by atoms with Gasteiger partial charge >= 0.3 is 6.03 Å². The Balaban J connectivity index is 1.95. The van der Waals surface area contributed by atoms with Crippen LogP contribution in [0.3, 0.4) is 0 Å². The lowest BCUT2D eigenvalue weighted by atomic mass is 10.1. The van der Waals surface area contributed by atoms with Crippen LogP contribution in [0, 0.1) is 6.92 Å². The number of rotatable bonds is 5. The number of carbonyl (C=O) groups excluding carboxylic acids is 2. The van der Waals surface area contributed by atoms with Crippen LogP contribution in [-0.2, 0) is 6.42 Å². The van der Waals surface area contributed by atoms with Gasteiger partial charge in [0.25, 0.3) is 5.91 Å². The SMILES string of the molecule is Cc1ccc(C(=O)N(C)C)cc1NC(=O)NCCc1cc(Cl)cc(Cl)c1. The molecule has 0 spiro atoms. The minimum Gasteiger partial charge on any atom is -0.345 e. The van der Waals surface area contributed by atoms with Crippen LogP contribution in [0.1, 0.15) is 21.5 Å². The summed E-state index contributed by atoms with van der Waals surface area (Å²) in [6.45, 7) is 2.30. The first-order chi connectivity index (χ1) is 12.3. The molecule has 0 unspecified atom stereocenters. The van der Waals surface area contributed by atoms with Gasteiger partial charge in [-0.25, -0.2) is 4.79 Å². The summed E-state index contributed by atoms with van der Waals surface area (Å²) in [6, 6.07) is 10.2. The number of nitrogens with zero attached hydrogens (tertiary/aromatic N) is 1. The molecule has 2 rings (SSSR count). The molecule has 0 saturated carbocycles. The minimum atomic E-state index is -0.337. The van der Waals surface area contributed by atoms with Gasteiger partial charge in [-0.3, -0.25) is 4.79 Å². The standard InChI is InChI=1S/C19H21Cl2N3O2/c1-12-4-5-14(18(25)24(2)3)10-17(12)23-19(26)22-7-6-13-8-15(20)11-16(21)9-13/h4-5,8-11H,6-7H2,1-3H3,(H2,22,23,26). The fourth-order valence-electron chi connectivity index (χ4n) is 2.39. The van der Waals surface area contributed by atoms with E-state index in [2.05, 4.69) is 10.6 Å². The van der Waals surface area contributed by atoms with E-state index in [1.54, 1.807) is 38.4 Å². The van der Waals surface area contributed by atoms with Crippen molar-refractivity contribution in [1.82, 2.24) is 10.2 Å². The van der Waals surface area contributed by atoms with Gasteiger partial charge in [-0.15, -0.1) is 0 Å². The van der Waals surface area contributed by atoms with Crippen molar-refractivity contribution in [1.29, 1.82) is 0 Å². The van der Waals surface area contributed by atoms with Crippen LogP contribution in [0.25, 0.3) is 0 Å².